The highest BCUT2D eigenvalue weighted by atomic mass is 35.5. The molecule has 8 nitrogen and oxygen atoms in total. The number of nitrogens with zero attached hydrogens (tertiary/aromatic N) is 5. The van der Waals surface area contributed by atoms with Gasteiger partial charge in [0.1, 0.15) is 29.9 Å². The molecule has 0 radical (unpaired) electrons. The number of hydrogen-bond acceptors (Lipinski definition) is 8. The van der Waals surface area contributed by atoms with Gasteiger partial charge in [-0.2, -0.15) is 9.97 Å². The number of fused-ring (bicyclic) bond motifs is 5. The van der Waals surface area contributed by atoms with Gasteiger partial charge in [-0.15, -0.1) is 11.3 Å². The average Bonchev–Trinajstić information content (AvgIpc) is 3.73. The van der Waals surface area contributed by atoms with Crippen LogP contribution < -0.4 is 20.7 Å². The fraction of sp³-hybridized carbons (Fsp3) is 0.452. The molecule has 6 heterocycles. The van der Waals surface area contributed by atoms with Crippen LogP contribution >= 0.6 is 22.9 Å². The summed E-state index contributed by atoms with van der Waals surface area (Å²) in [6, 6.07) is 4.88. The van der Waals surface area contributed by atoms with Crippen molar-refractivity contribution in [2.24, 2.45) is 0 Å². The minimum atomic E-state index is -0.913. The number of aromatic nitrogens is 2. The number of nitrogen functional groups attached to an aromatic ring is 1. The standard InChI is InChI=1S/C31H29ClF3N7OS/c1-37-26-23-18(5-6-21(34)27(23)44-28(26)36)22-20(32)9-19-25(24(22)35)39-30(40-29(19)41-12-16-3-4-17(13-41)38-16)43-14-31-7-2-8-42(31)11-15(33)10-31/h5-6,9,15-17,38H,2-4,7-8,10-14,36H2. The second kappa shape index (κ2) is 10.3. The molecule has 2 aromatic heterocycles. The Morgan fingerprint density at radius 3 is 2.77 bits per heavy atom. The summed E-state index contributed by atoms with van der Waals surface area (Å²) in [6.45, 7) is 10.4. The van der Waals surface area contributed by atoms with Gasteiger partial charge in [-0.3, -0.25) is 4.90 Å². The maximum Gasteiger partial charge on any atom is 0.319 e. The lowest BCUT2D eigenvalue weighted by Gasteiger charge is -2.34. The first-order valence-corrected chi connectivity index (χ1v) is 16.0. The number of benzene rings is 2. The number of hydrogen-bond donors (Lipinski definition) is 2. The van der Waals surface area contributed by atoms with Crippen molar-refractivity contribution in [2.75, 3.05) is 43.4 Å². The summed E-state index contributed by atoms with van der Waals surface area (Å²) in [5, 5.41) is 4.49. The van der Waals surface area contributed by atoms with Crippen LogP contribution in [0.5, 0.6) is 6.01 Å². The summed E-state index contributed by atoms with van der Waals surface area (Å²) >= 11 is 7.77. The van der Waals surface area contributed by atoms with Crippen molar-refractivity contribution in [2.45, 2.75) is 55.9 Å². The molecule has 13 heteroatoms. The van der Waals surface area contributed by atoms with E-state index in [1.54, 1.807) is 6.07 Å². The Morgan fingerprint density at radius 2 is 2.00 bits per heavy atom. The van der Waals surface area contributed by atoms with E-state index in [1.165, 1.54) is 12.1 Å². The zero-order valence-corrected chi connectivity index (χ0v) is 25.2. The fourth-order valence-electron chi connectivity index (χ4n) is 7.82. The van der Waals surface area contributed by atoms with Crippen LogP contribution in [0.2, 0.25) is 5.02 Å². The van der Waals surface area contributed by atoms with Crippen molar-refractivity contribution < 1.29 is 17.9 Å². The summed E-state index contributed by atoms with van der Waals surface area (Å²) < 4.78 is 52.5. The lowest BCUT2D eigenvalue weighted by molar-refractivity contribution is 0.107. The number of anilines is 2. The predicted molar refractivity (Wildman–Crippen MR) is 167 cm³/mol. The third-order valence-electron chi connectivity index (χ3n) is 9.76. The molecule has 4 aliphatic heterocycles. The van der Waals surface area contributed by atoms with Crippen molar-refractivity contribution in [1.29, 1.82) is 0 Å². The van der Waals surface area contributed by atoms with Crippen LogP contribution in [0.15, 0.2) is 18.2 Å². The van der Waals surface area contributed by atoms with Crippen LogP contribution in [0.1, 0.15) is 32.1 Å². The molecule has 4 aromatic rings. The van der Waals surface area contributed by atoms with Gasteiger partial charge in [0.05, 0.1) is 26.8 Å². The van der Waals surface area contributed by atoms with Crippen molar-refractivity contribution in [3.8, 4) is 17.1 Å². The van der Waals surface area contributed by atoms with Gasteiger partial charge >= 0.3 is 6.01 Å². The molecule has 0 amide bonds. The molecule has 8 rings (SSSR count). The molecule has 2 bridgehead atoms. The zero-order valence-electron chi connectivity index (χ0n) is 23.7. The quantitative estimate of drug-likeness (QED) is 0.242. The summed E-state index contributed by atoms with van der Waals surface area (Å²) in [5.74, 6) is -0.751. The van der Waals surface area contributed by atoms with Crippen LogP contribution in [0.4, 0.5) is 29.7 Å². The number of halogens is 4. The molecule has 4 atom stereocenters. The van der Waals surface area contributed by atoms with E-state index in [4.69, 9.17) is 33.6 Å². The molecular weight excluding hydrogens is 611 g/mol. The monoisotopic (exact) mass is 639 g/mol. The van der Waals surface area contributed by atoms with Gasteiger partial charge < -0.3 is 20.7 Å². The number of piperazine rings is 1. The van der Waals surface area contributed by atoms with Crippen LogP contribution in [0.25, 0.3) is 37.0 Å². The van der Waals surface area contributed by atoms with Crippen molar-refractivity contribution in [1.82, 2.24) is 20.2 Å². The van der Waals surface area contributed by atoms with Crippen molar-refractivity contribution >= 4 is 60.4 Å². The number of alkyl halides is 1. The van der Waals surface area contributed by atoms with E-state index in [0.29, 0.717) is 37.3 Å². The molecule has 0 spiro atoms. The summed E-state index contributed by atoms with van der Waals surface area (Å²) in [4.78, 5) is 17.2. The number of nitrogens with one attached hydrogen (secondary N) is 1. The minimum absolute atomic E-state index is 0.000488. The third-order valence-corrected chi connectivity index (χ3v) is 11.1. The number of ether oxygens (including phenoxy) is 1. The Balaban J connectivity index is 1.29. The highest BCUT2D eigenvalue weighted by Gasteiger charge is 2.49. The van der Waals surface area contributed by atoms with Crippen LogP contribution in [0.3, 0.4) is 0 Å². The number of thiophene rings is 1. The Bertz CT molecular complexity index is 1870. The molecule has 2 aromatic carbocycles. The topological polar surface area (TPSA) is 83.9 Å². The predicted octanol–water partition coefficient (Wildman–Crippen LogP) is 6.47. The smallest absolute Gasteiger partial charge is 0.319 e. The van der Waals surface area contributed by atoms with E-state index in [9.17, 15) is 8.78 Å². The molecule has 4 fully saturated rings. The first-order valence-electron chi connectivity index (χ1n) is 14.9. The normalized spacial score (nSPS) is 26.5. The first kappa shape index (κ1) is 28.1. The minimum Gasteiger partial charge on any atom is -0.461 e. The van der Waals surface area contributed by atoms with Crippen LogP contribution in [-0.4, -0.2) is 71.4 Å². The molecule has 3 N–H and O–H groups in total. The molecule has 44 heavy (non-hydrogen) atoms. The number of nitrogens with two attached hydrogens (primary N) is 1. The van der Waals surface area contributed by atoms with E-state index < -0.39 is 23.3 Å². The Hall–Kier alpha value is -3.37. The fourth-order valence-corrected chi connectivity index (χ4v) is 9.06. The van der Waals surface area contributed by atoms with Crippen LogP contribution in [-0.2, 0) is 0 Å². The molecule has 4 saturated heterocycles. The van der Waals surface area contributed by atoms with E-state index in [1.807, 2.05) is 0 Å². The molecular formula is C31H29ClF3N7OS. The van der Waals surface area contributed by atoms with Crippen molar-refractivity contribution in [3.63, 3.8) is 0 Å². The maximum absolute atomic E-state index is 16.9. The van der Waals surface area contributed by atoms with Crippen molar-refractivity contribution in [3.05, 3.63) is 46.3 Å². The van der Waals surface area contributed by atoms with Gasteiger partial charge in [-0.05, 0) is 49.9 Å². The first-order chi connectivity index (χ1) is 21.2. The summed E-state index contributed by atoms with van der Waals surface area (Å²) in [5.41, 5.74) is 5.96. The third kappa shape index (κ3) is 4.31. The Morgan fingerprint density at radius 1 is 1.20 bits per heavy atom. The van der Waals surface area contributed by atoms with Gasteiger partial charge in [0.25, 0.3) is 0 Å². The van der Waals surface area contributed by atoms with Gasteiger partial charge in [0, 0.05) is 54.5 Å². The number of rotatable bonds is 5. The molecule has 228 valence electrons. The lowest BCUT2D eigenvalue weighted by atomic mass is 9.95. The second-order valence-electron chi connectivity index (χ2n) is 12.4. The maximum atomic E-state index is 16.9. The van der Waals surface area contributed by atoms with Gasteiger partial charge in [0.15, 0.2) is 5.82 Å². The highest BCUT2D eigenvalue weighted by molar-refractivity contribution is 7.23. The van der Waals surface area contributed by atoms with Gasteiger partial charge in [-0.25, -0.2) is 18.0 Å². The summed E-state index contributed by atoms with van der Waals surface area (Å²) in [7, 11) is 0. The molecule has 4 aliphatic rings. The summed E-state index contributed by atoms with van der Waals surface area (Å²) in [6.07, 6.45) is 3.34. The van der Waals surface area contributed by atoms with Gasteiger partial charge in [-0.1, -0.05) is 17.7 Å². The Kier molecular flexibility index (Phi) is 6.61. The Labute approximate surface area is 260 Å². The van der Waals surface area contributed by atoms with E-state index in [0.717, 1.165) is 43.6 Å². The van der Waals surface area contributed by atoms with Gasteiger partial charge in [0.2, 0.25) is 5.69 Å². The van der Waals surface area contributed by atoms with E-state index in [-0.39, 0.29) is 67.1 Å². The average molecular weight is 640 g/mol. The SMILES string of the molecule is [C-]#[N+]c1c(N)sc2c(F)ccc(-c3c(Cl)cc4c(N5CC6CCC(C5)N6)nc(OCC56CCCN5CC(F)C6)nc4c3F)c12. The molecule has 0 saturated carbocycles. The van der Waals surface area contributed by atoms with E-state index in [2.05, 4.69) is 24.9 Å². The highest BCUT2D eigenvalue weighted by Crippen LogP contribution is 2.49. The lowest BCUT2D eigenvalue weighted by Crippen LogP contribution is -2.51. The second-order valence-corrected chi connectivity index (χ2v) is 13.9. The van der Waals surface area contributed by atoms with E-state index >= 15 is 4.39 Å². The molecule has 4 unspecified atom stereocenters. The van der Waals surface area contributed by atoms with Crippen LogP contribution in [0, 0.1) is 18.2 Å². The largest absolute Gasteiger partial charge is 0.461 e. The molecule has 0 aliphatic carbocycles. The zero-order chi connectivity index (χ0) is 30.3.